The fourth-order valence-corrected chi connectivity index (χ4v) is 1.53. The number of nitrogens with one attached hydrogen (secondary N) is 2. The number of imidazole rings is 1. The highest BCUT2D eigenvalue weighted by atomic mass is 16.6. The van der Waals surface area contributed by atoms with E-state index in [4.69, 9.17) is 5.73 Å². The van der Waals surface area contributed by atoms with Gasteiger partial charge in [0.05, 0.1) is 16.0 Å². The Morgan fingerprint density at radius 1 is 1.50 bits per heavy atom. The summed E-state index contributed by atoms with van der Waals surface area (Å²) in [5.74, 6) is 0.576. The Kier molecular flexibility index (Phi) is 3.54. The molecule has 0 bridgehead atoms. The zero-order chi connectivity index (χ0) is 13.0. The van der Waals surface area contributed by atoms with Crippen LogP contribution in [0.25, 0.3) is 11.0 Å². The van der Waals surface area contributed by atoms with Gasteiger partial charge in [-0.3, -0.25) is 10.1 Å². The van der Waals surface area contributed by atoms with Crippen LogP contribution in [0, 0.1) is 10.1 Å². The number of non-ortho nitro benzene ring substituents is 1. The smallest absolute Gasteiger partial charge is 0.271 e. The maximum absolute atomic E-state index is 10.6. The topological polar surface area (TPSA) is 110 Å². The summed E-state index contributed by atoms with van der Waals surface area (Å²) in [6, 6.07) is 4.51. The van der Waals surface area contributed by atoms with Gasteiger partial charge in [0, 0.05) is 25.2 Å². The molecule has 0 amide bonds. The number of hydrogen-bond acceptors (Lipinski definition) is 5. The molecule has 2 rings (SSSR count). The average molecular weight is 247 g/mol. The maximum atomic E-state index is 10.6. The quantitative estimate of drug-likeness (QED) is 0.420. The lowest BCUT2D eigenvalue weighted by atomic mass is 10.3. The number of hydrogen-bond donors (Lipinski definition) is 3. The minimum absolute atomic E-state index is 0.0423. The highest BCUT2D eigenvalue weighted by molar-refractivity contribution is 5.79. The van der Waals surface area contributed by atoms with E-state index in [0.717, 1.165) is 0 Å². The van der Waals surface area contributed by atoms with Crippen molar-refractivity contribution in [3.05, 3.63) is 40.5 Å². The Balaban J connectivity index is 2.16. The number of rotatable bonds is 5. The normalized spacial score (nSPS) is 11.2. The lowest BCUT2D eigenvalue weighted by molar-refractivity contribution is -0.384. The molecule has 0 aliphatic rings. The molecule has 1 heterocycles. The van der Waals surface area contributed by atoms with Crippen molar-refractivity contribution in [1.29, 1.82) is 0 Å². The van der Waals surface area contributed by atoms with Gasteiger partial charge in [0.2, 0.25) is 5.95 Å². The second-order valence-corrected chi connectivity index (χ2v) is 3.63. The predicted octanol–water partition coefficient (Wildman–Crippen LogP) is 1.40. The number of fused-ring (bicyclic) bond motifs is 1. The molecule has 18 heavy (non-hydrogen) atoms. The lowest BCUT2D eigenvalue weighted by Gasteiger charge is -1.95. The van der Waals surface area contributed by atoms with Gasteiger partial charge in [0.1, 0.15) is 0 Å². The van der Waals surface area contributed by atoms with Crippen molar-refractivity contribution in [2.75, 3.05) is 18.4 Å². The van der Waals surface area contributed by atoms with E-state index in [-0.39, 0.29) is 5.69 Å². The Morgan fingerprint density at radius 2 is 2.33 bits per heavy atom. The van der Waals surface area contributed by atoms with E-state index < -0.39 is 4.92 Å². The van der Waals surface area contributed by atoms with Gasteiger partial charge in [0.25, 0.3) is 5.69 Å². The first kappa shape index (κ1) is 12.1. The Hall–Kier alpha value is -2.41. The van der Waals surface area contributed by atoms with Crippen LogP contribution >= 0.6 is 0 Å². The molecule has 94 valence electrons. The first-order chi connectivity index (χ1) is 8.70. The summed E-state index contributed by atoms with van der Waals surface area (Å²) in [6.45, 7) is 1.09. The number of aromatic amines is 1. The molecule has 0 aliphatic heterocycles. The molecule has 0 saturated carbocycles. The van der Waals surface area contributed by atoms with Crippen LogP contribution in [0.1, 0.15) is 0 Å². The molecule has 0 spiro atoms. The van der Waals surface area contributed by atoms with Crippen LogP contribution in [-0.2, 0) is 0 Å². The van der Waals surface area contributed by atoms with Crippen molar-refractivity contribution in [2.45, 2.75) is 0 Å². The minimum Gasteiger partial charge on any atom is -0.352 e. The van der Waals surface area contributed by atoms with Gasteiger partial charge in [-0.1, -0.05) is 12.2 Å². The number of anilines is 1. The summed E-state index contributed by atoms with van der Waals surface area (Å²) in [4.78, 5) is 17.4. The second-order valence-electron chi connectivity index (χ2n) is 3.63. The molecule has 7 nitrogen and oxygen atoms in total. The van der Waals surface area contributed by atoms with E-state index in [1.165, 1.54) is 12.1 Å². The van der Waals surface area contributed by atoms with E-state index in [2.05, 4.69) is 15.3 Å². The highest BCUT2D eigenvalue weighted by Crippen LogP contribution is 2.20. The van der Waals surface area contributed by atoms with Crippen molar-refractivity contribution in [3.8, 4) is 0 Å². The third-order valence-corrected chi connectivity index (χ3v) is 2.37. The molecular formula is C11H13N5O2. The van der Waals surface area contributed by atoms with E-state index in [1.54, 1.807) is 6.07 Å². The number of nitrogens with zero attached hydrogens (tertiary/aromatic N) is 2. The van der Waals surface area contributed by atoms with Crippen LogP contribution in [0.3, 0.4) is 0 Å². The van der Waals surface area contributed by atoms with Gasteiger partial charge < -0.3 is 16.0 Å². The SMILES string of the molecule is NC/C=C/CNc1nc2ccc([N+](=O)[O-])cc2[nH]1. The molecule has 0 radical (unpaired) electrons. The van der Waals surface area contributed by atoms with Crippen LogP contribution < -0.4 is 11.1 Å². The summed E-state index contributed by atoms with van der Waals surface area (Å²) in [5, 5.41) is 13.7. The van der Waals surface area contributed by atoms with Crippen LogP contribution in [0.5, 0.6) is 0 Å². The molecule has 2 aromatic rings. The van der Waals surface area contributed by atoms with E-state index in [0.29, 0.717) is 30.1 Å². The molecule has 0 aliphatic carbocycles. The molecule has 1 aromatic heterocycles. The number of H-pyrrole nitrogens is 1. The van der Waals surface area contributed by atoms with Gasteiger partial charge in [-0.2, -0.15) is 0 Å². The monoisotopic (exact) mass is 247 g/mol. The Labute approximate surface area is 103 Å². The number of nitro benzene ring substituents is 1. The molecule has 4 N–H and O–H groups in total. The number of aromatic nitrogens is 2. The predicted molar refractivity (Wildman–Crippen MR) is 69.4 cm³/mol. The van der Waals surface area contributed by atoms with Crippen molar-refractivity contribution >= 4 is 22.7 Å². The first-order valence-corrected chi connectivity index (χ1v) is 5.44. The van der Waals surface area contributed by atoms with Gasteiger partial charge >= 0.3 is 0 Å². The molecule has 7 heteroatoms. The van der Waals surface area contributed by atoms with Crippen LogP contribution in [-0.4, -0.2) is 28.0 Å². The summed E-state index contributed by atoms with van der Waals surface area (Å²) < 4.78 is 0. The summed E-state index contributed by atoms with van der Waals surface area (Å²) in [7, 11) is 0. The number of benzene rings is 1. The van der Waals surface area contributed by atoms with Crippen LogP contribution in [0.4, 0.5) is 11.6 Å². The van der Waals surface area contributed by atoms with Gasteiger partial charge in [-0.05, 0) is 6.07 Å². The number of nitrogens with two attached hydrogens (primary N) is 1. The lowest BCUT2D eigenvalue weighted by Crippen LogP contribution is -2.01. The highest BCUT2D eigenvalue weighted by Gasteiger charge is 2.08. The Morgan fingerprint density at radius 3 is 3.06 bits per heavy atom. The maximum Gasteiger partial charge on any atom is 0.271 e. The molecule has 0 unspecified atom stereocenters. The molecule has 0 atom stereocenters. The second kappa shape index (κ2) is 5.28. The van der Waals surface area contributed by atoms with Crippen LogP contribution in [0.15, 0.2) is 30.4 Å². The summed E-state index contributed by atoms with van der Waals surface area (Å²) in [6.07, 6.45) is 3.72. The van der Waals surface area contributed by atoms with Gasteiger partial charge in [-0.15, -0.1) is 0 Å². The minimum atomic E-state index is -0.433. The fraction of sp³-hybridized carbons (Fsp3) is 0.182. The van der Waals surface area contributed by atoms with Crippen LogP contribution in [0.2, 0.25) is 0 Å². The zero-order valence-electron chi connectivity index (χ0n) is 9.59. The summed E-state index contributed by atoms with van der Waals surface area (Å²) >= 11 is 0. The third kappa shape index (κ3) is 2.64. The molecule has 1 aromatic carbocycles. The van der Waals surface area contributed by atoms with Gasteiger partial charge in [0.15, 0.2) is 0 Å². The standard InChI is InChI=1S/C11H13N5O2/c12-5-1-2-6-13-11-14-9-4-3-8(16(17)18)7-10(9)15-11/h1-4,7H,5-6,12H2,(H2,13,14,15)/b2-1+. The third-order valence-electron chi connectivity index (χ3n) is 2.37. The molecule has 0 saturated heterocycles. The summed E-state index contributed by atoms with van der Waals surface area (Å²) in [5.41, 5.74) is 6.67. The van der Waals surface area contributed by atoms with E-state index in [1.807, 2.05) is 12.2 Å². The first-order valence-electron chi connectivity index (χ1n) is 5.44. The molecular weight excluding hydrogens is 234 g/mol. The largest absolute Gasteiger partial charge is 0.352 e. The molecule has 0 fully saturated rings. The van der Waals surface area contributed by atoms with Crippen molar-refractivity contribution < 1.29 is 4.92 Å². The number of nitro groups is 1. The van der Waals surface area contributed by atoms with Gasteiger partial charge in [-0.25, -0.2) is 4.98 Å². The van der Waals surface area contributed by atoms with E-state index >= 15 is 0 Å². The van der Waals surface area contributed by atoms with E-state index in [9.17, 15) is 10.1 Å². The van der Waals surface area contributed by atoms with Crippen molar-refractivity contribution in [2.24, 2.45) is 5.73 Å². The average Bonchev–Trinajstić information content (AvgIpc) is 2.76. The van der Waals surface area contributed by atoms with Crippen molar-refractivity contribution in [3.63, 3.8) is 0 Å². The Bertz CT molecular complexity index is 590. The zero-order valence-corrected chi connectivity index (χ0v) is 9.59. The fourth-order valence-electron chi connectivity index (χ4n) is 1.53. The van der Waals surface area contributed by atoms with Crippen molar-refractivity contribution in [1.82, 2.24) is 9.97 Å².